The number of anilines is 2. The fourth-order valence-electron chi connectivity index (χ4n) is 3.70. The maximum absolute atomic E-state index is 4.61. The molecule has 1 aliphatic carbocycles. The van der Waals surface area contributed by atoms with Gasteiger partial charge in [0.25, 0.3) is 0 Å². The summed E-state index contributed by atoms with van der Waals surface area (Å²) < 4.78 is 0. The van der Waals surface area contributed by atoms with E-state index >= 15 is 0 Å². The van der Waals surface area contributed by atoms with E-state index < -0.39 is 0 Å². The largest absolute Gasteiger partial charge is 0.380 e. The number of aromatic nitrogens is 4. The van der Waals surface area contributed by atoms with Crippen LogP contribution in [0, 0.1) is 6.92 Å². The fourth-order valence-corrected chi connectivity index (χ4v) is 3.70. The van der Waals surface area contributed by atoms with Gasteiger partial charge in [0.1, 0.15) is 17.3 Å². The first-order valence-corrected chi connectivity index (χ1v) is 12.5. The van der Waals surface area contributed by atoms with Crippen molar-refractivity contribution >= 4 is 35.3 Å². The molecule has 0 radical (unpaired) electrons. The van der Waals surface area contributed by atoms with Gasteiger partial charge in [-0.2, -0.15) is 0 Å². The fraction of sp³-hybridized carbons (Fsp3) is 0.167. The maximum Gasteiger partial charge on any atom is 0.157 e. The van der Waals surface area contributed by atoms with E-state index in [2.05, 4.69) is 70.8 Å². The summed E-state index contributed by atoms with van der Waals surface area (Å²) in [6.07, 6.45) is 17.6. The molecule has 3 heterocycles. The molecule has 0 fully saturated rings. The Hall–Kier alpha value is -5.05. The van der Waals surface area contributed by atoms with Crippen molar-refractivity contribution in [3.8, 4) is 11.4 Å². The molecule has 198 valence electrons. The van der Waals surface area contributed by atoms with Crippen LogP contribution in [-0.4, -0.2) is 57.4 Å². The van der Waals surface area contributed by atoms with Crippen molar-refractivity contribution < 1.29 is 0 Å². The van der Waals surface area contributed by atoms with Crippen LogP contribution in [0.1, 0.15) is 17.8 Å². The van der Waals surface area contributed by atoms with Crippen molar-refractivity contribution in [2.45, 2.75) is 13.3 Å². The van der Waals surface area contributed by atoms with Crippen LogP contribution in [0.4, 0.5) is 17.3 Å². The standard InChI is InChI=1S/C30H33N9/c1-6-27-30(34-18-17-33-25-14-16-31-22(3)19-25)38-29(37-27)23-7-12-28(35-20-23)36-21(2)13-15-32-24-8-10-26(11-9-24)39(4)5/h6-8,10-16,18-20H,1-2,9,17H2,3-5H3,(H,31,33)(H,35,36)(H,37,38)/b15-13-,32-24-,34-18-. The highest BCUT2D eigenvalue weighted by atomic mass is 15.1. The lowest BCUT2D eigenvalue weighted by Gasteiger charge is -2.16. The summed E-state index contributed by atoms with van der Waals surface area (Å²) in [5.41, 5.74) is 6.31. The lowest BCUT2D eigenvalue weighted by atomic mass is 10.1. The third-order valence-electron chi connectivity index (χ3n) is 5.74. The third-order valence-corrected chi connectivity index (χ3v) is 5.74. The van der Waals surface area contributed by atoms with Crippen LogP contribution in [0.3, 0.4) is 0 Å². The van der Waals surface area contributed by atoms with Crippen molar-refractivity contribution in [2.24, 2.45) is 9.98 Å². The van der Waals surface area contributed by atoms with Crippen molar-refractivity contribution in [1.29, 1.82) is 0 Å². The summed E-state index contributed by atoms with van der Waals surface area (Å²) in [5, 5.41) is 6.48. The predicted octanol–water partition coefficient (Wildman–Crippen LogP) is 5.92. The van der Waals surface area contributed by atoms with E-state index in [4.69, 9.17) is 0 Å². The second-order valence-corrected chi connectivity index (χ2v) is 8.98. The monoisotopic (exact) mass is 519 g/mol. The zero-order valence-electron chi connectivity index (χ0n) is 22.5. The quantitative estimate of drug-likeness (QED) is 0.215. The average Bonchev–Trinajstić information content (AvgIpc) is 3.35. The normalized spacial score (nSPS) is 14.1. The second kappa shape index (κ2) is 13.0. The highest BCUT2D eigenvalue weighted by molar-refractivity contribution is 5.97. The SMILES string of the molecule is C=Cc1nc(-c2ccc(NC(=C)/C=C\N=C3\C=CC(N(C)C)=CC3)nc2)[nH]c1/N=C\CNc1ccnc(C)c1. The Kier molecular flexibility index (Phi) is 8.97. The zero-order chi connectivity index (χ0) is 27.6. The summed E-state index contributed by atoms with van der Waals surface area (Å²) in [5.74, 6) is 1.97. The molecule has 0 atom stereocenters. The van der Waals surface area contributed by atoms with E-state index in [-0.39, 0.29) is 0 Å². The first-order chi connectivity index (χ1) is 18.9. The minimum Gasteiger partial charge on any atom is -0.380 e. The molecule has 0 unspecified atom stereocenters. The Morgan fingerprint density at radius 3 is 2.77 bits per heavy atom. The van der Waals surface area contributed by atoms with Gasteiger partial charge in [0, 0.05) is 79.4 Å². The Morgan fingerprint density at radius 2 is 2.08 bits per heavy atom. The minimum atomic E-state index is 0.562. The van der Waals surface area contributed by atoms with Crippen LogP contribution in [-0.2, 0) is 0 Å². The maximum atomic E-state index is 4.61. The second-order valence-electron chi connectivity index (χ2n) is 8.98. The molecular weight excluding hydrogens is 486 g/mol. The third kappa shape index (κ3) is 7.72. The lowest BCUT2D eigenvalue weighted by molar-refractivity contribution is 0.527. The summed E-state index contributed by atoms with van der Waals surface area (Å²) in [6.45, 7) is 10.4. The van der Waals surface area contributed by atoms with Crippen LogP contribution in [0.25, 0.3) is 17.5 Å². The number of aliphatic imine (C=N–C) groups is 2. The van der Waals surface area contributed by atoms with E-state index in [9.17, 15) is 0 Å². The summed E-state index contributed by atoms with van der Waals surface area (Å²) in [4.78, 5) is 27.7. The Bertz CT molecular complexity index is 1470. The van der Waals surface area contributed by atoms with Crippen molar-refractivity contribution in [3.05, 3.63) is 103 Å². The number of H-pyrrole nitrogens is 1. The molecule has 0 aromatic carbocycles. The number of imidazole rings is 1. The van der Waals surface area contributed by atoms with Crippen LogP contribution in [0.5, 0.6) is 0 Å². The number of aryl methyl sites for hydroxylation is 1. The number of rotatable bonds is 11. The first-order valence-electron chi connectivity index (χ1n) is 12.5. The van der Waals surface area contributed by atoms with Crippen LogP contribution in [0.2, 0.25) is 0 Å². The van der Waals surface area contributed by atoms with Crippen LogP contribution >= 0.6 is 0 Å². The van der Waals surface area contributed by atoms with E-state index in [1.54, 1.807) is 30.9 Å². The van der Waals surface area contributed by atoms with Gasteiger partial charge >= 0.3 is 0 Å². The smallest absolute Gasteiger partial charge is 0.157 e. The van der Waals surface area contributed by atoms with Crippen molar-refractivity contribution in [2.75, 3.05) is 31.3 Å². The molecule has 0 aliphatic heterocycles. The van der Waals surface area contributed by atoms with Crippen LogP contribution in [0.15, 0.2) is 102 Å². The molecule has 0 bridgehead atoms. The number of hydrogen-bond donors (Lipinski definition) is 3. The summed E-state index contributed by atoms with van der Waals surface area (Å²) in [7, 11) is 4.05. The number of likely N-dealkylation sites (N-methyl/N-ethyl adjacent to an activating group) is 1. The van der Waals surface area contributed by atoms with Gasteiger partial charge in [-0.05, 0) is 55.5 Å². The Balaban J connectivity index is 1.32. The van der Waals surface area contributed by atoms with Gasteiger partial charge in [0.05, 0.1) is 6.54 Å². The molecule has 9 nitrogen and oxygen atoms in total. The van der Waals surface area contributed by atoms with E-state index in [0.717, 1.165) is 29.1 Å². The van der Waals surface area contributed by atoms with Crippen molar-refractivity contribution in [1.82, 2.24) is 24.8 Å². The van der Waals surface area contributed by atoms with Gasteiger partial charge in [0.2, 0.25) is 0 Å². The molecule has 0 spiro atoms. The predicted molar refractivity (Wildman–Crippen MR) is 162 cm³/mol. The summed E-state index contributed by atoms with van der Waals surface area (Å²) >= 11 is 0. The molecular formula is C30H33N9. The first kappa shape index (κ1) is 27.0. The van der Waals surface area contributed by atoms with Crippen molar-refractivity contribution in [3.63, 3.8) is 0 Å². The molecule has 0 saturated carbocycles. The van der Waals surface area contributed by atoms with Gasteiger partial charge in [-0.15, -0.1) is 0 Å². The number of pyridine rings is 2. The number of nitrogens with zero attached hydrogens (tertiary/aromatic N) is 6. The van der Waals surface area contributed by atoms with Gasteiger partial charge in [-0.1, -0.05) is 19.2 Å². The highest BCUT2D eigenvalue weighted by Gasteiger charge is 2.09. The van der Waals surface area contributed by atoms with E-state index in [1.807, 2.05) is 57.4 Å². The van der Waals surface area contributed by atoms with Gasteiger partial charge in [-0.25, -0.2) is 15.0 Å². The zero-order valence-corrected chi connectivity index (χ0v) is 22.5. The lowest BCUT2D eigenvalue weighted by Crippen LogP contribution is -2.12. The highest BCUT2D eigenvalue weighted by Crippen LogP contribution is 2.24. The van der Waals surface area contributed by atoms with Gasteiger partial charge < -0.3 is 20.5 Å². The molecule has 0 saturated heterocycles. The summed E-state index contributed by atoms with van der Waals surface area (Å²) in [6, 6.07) is 7.71. The average molecular weight is 520 g/mol. The molecule has 9 heteroatoms. The molecule has 0 amide bonds. The molecule has 1 aliphatic rings. The number of aromatic amines is 1. The Morgan fingerprint density at radius 1 is 1.21 bits per heavy atom. The molecule has 3 N–H and O–H groups in total. The molecule has 3 aromatic rings. The van der Waals surface area contributed by atoms with E-state index in [0.29, 0.717) is 35.4 Å². The van der Waals surface area contributed by atoms with E-state index in [1.165, 1.54) is 5.70 Å². The number of hydrogen-bond acceptors (Lipinski definition) is 8. The molecule has 39 heavy (non-hydrogen) atoms. The Labute approximate surface area is 229 Å². The number of allylic oxidation sites excluding steroid dienone is 4. The molecule has 3 aromatic heterocycles. The number of nitrogens with one attached hydrogen (secondary N) is 3. The molecule has 4 rings (SSSR count). The van der Waals surface area contributed by atoms with Gasteiger partial charge in [-0.3, -0.25) is 9.98 Å². The van der Waals surface area contributed by atoms with Crippen LogP contribution < -0.4 is 10.6 Å². The topological polar surface area (TPSA) is 106 Å². The van der Waals surface area contributed by atoms with Gasteiger partial charge in [0.15, 0.2) is 5.82 Å². The minimum absolute atomic E-state index is 0.562.